The third kappa shape index (κ3) is 3.06. The van der Waals surface area contributed by atoms with Crippen molar-refractivity contribution in [3.05, 3.63) is 44.8 Å². The van der Waals surface area contributed by atoms with Crippen LogP contribution in [0.2, 0.25) is 0 Å². The first-order chi connectivity index (χ1) is 8.20. The lowest BCUT2D eigenvalue weighted by atomic mass is 10.2. The zero-order valence-corrected chi connectivity index (χ0v) is 11.8. The van der Waals surface area contributed by atoms with Gasteiger partial charge in [-0.25, -0.2) is 0 Å². The van der Waals surface area contributed by atoms with Gasteiger partial charge in [0, 0.05) is 22.1 Å². The van der Waals surface area contributed by atoms with Crippen molar-refractivity contribution in [3.63, 3.8) is 0 Å². The first-order valence-electron chi connectivity index (χ1n) is 5.22. The Morgan fingerprint density at radius 1 is 1.53 bits per heavy atom. The Morgan fingerprint density at radius 3 is 2.94 bits per heavy atom. The number of pyridine rings is 1. The molecule has 0 aromatic carbocycles. The number of hydrogen-bond acceptors (Lipinski definition) is 4. The van der Waals surface area contributed by atoms with E-state index < -0.39 is 0 Å². The molecule has 0 bridgehead atoms. The molecule has 0 saturated heterocycles. The van der Waals surface area contributed by atoms with E-state index in [-0.39, 0.29) is 6.10 Å². The molecule has 0 fully saturated rings. The molecule has 0 saturated carbocycles. The number of halogens is 1. The lowest BCUT2D eigenvalue weighted by Gasteiger charge is -2.17. The molecular weight excluding hydrogens is 300 g/mol. The summed E-state index contributed by atoms with van der Waals surface area (Å²) in [6.07, 6.45) is 3.31. The van der Waals surface area contributed by atoms with Crippen molar-refractivity contribution in [2.75, 3.05) is 6.54 Å². The lowest BCUT2D eigenvalue weighted by molar-refractivity contribution is 0.216. The summed E-state index contributed by atoms with van der Waals surface area (Å²) in [4.78, 5) is 5.24. The molecule has 2 aromatic heterocycles. The van der Waals surface area contributed by atoms with E-state index >= 15 is 0 Å². The van der Waals surface area contributed by atoms with E-state index in [9.17, 15) is 0 Å². The van der Waals surface area contributed by atoms with Crippen LogP contribution in [0.1, 0.15) is 16.5 Å². The van der Waals surface area contributed by atoms with Crippen LogP contribution < -0.4 is 10.5 Å². The molecular formula is C12H13BrN2OS. The number of thiophene rings is 1. The number of hydrogen-bond donors (Lipinski definition) is 1. The smallest absolute Gasteiger partial charge is 0.145 e. The van der Waals surface area contributed by atoms with E-state index in [1.54, 1.807) is 23.7 Å². The number of aromatic nitrogens is 1. The molecule has 90 valence electrons. The number of aryl methyl sites for hydroxylation is 1. The van der Waals surface area contributed by atoms with Crippen LogP contribution in [0.15, 0.2) is 34.4 Å². The maximum Gasteiger partial charge on any atom is 0.145 e. The average Bonchev–Trinajstić information content (AvgIpc) is 2.72. The molecule has 2 aromatic rings. The Morgan fingerprint density at radius 2 is 2.35 bits per heavy atom. The van der Waals surface area contributed by atoms with Gasteiger partial charge in [-0.05, 0) is 45.9 Å². The van der Waals surface area contributed by atoms with E-state index in [2.05, 4.69) is 39.3 Å². The third-order valence-electron chi connectivity index (χ3n) is 2.37. The second kappa shape index (κ2) is 5.62. The predicted molar refractivity (Wildman–Crippen MR) is 73.4 cm³/mol. The SMILES string of the molecule is Cc1ccsc1C(CN)Oc1cncc(Br)c1. The highest BCUT2D eigenvalue weighted by atomic mass is 79.9. The summed E-state index contributed by atoms with van der Waals surface area (Å²) in [7, 11) is 0. The van der Waals surface area contributed by atoms with Gasteiger partial charge < -0.3 is 10.5 Å². The summed E-state index contributed by atoms with van der Waals surface area (Å²) in [5.74, 6) is 0.725. The average molecular weight is 313 g/mol. The Kier molecular flexibility index (Phi) is 4.15. The highest BCUT2D eigenvalue weighted by Gasteiger charge is 2.15. The summed E-state index contributed by atoms with van der Waals surface area (Å²) in [6.45, 7) is 2.52. The van der Waals surface area contributed by atoms with Crippen molar-refractivity contribution in [2.45, 2.75) is 13.0 Å². The zero-order valence-electron chi connectivity index (χ0n) is 9.39. The molecule has 0 aliphatic carbocycles. The monoisotopic (exact) mass is 312 g/mol. The van der Waals surface area contributed by atoms with Crippen molar-refractivity contribution >= 4 is 27.3 Å². The van der Waals surface area contributed by atoms with Crippen LogP contribution in [0.3, 0.4) is 0 Å². The minimum Gasteiger partial charge on any atom is -0.482 e. The van der Waals surface area contributed by atoms with Gasteiger partial charge in [0.15, 0.2) is 0 Å². The van der Waals surface area contributed by atoms with Crippen molar-refractivity contribution in [1.82, 2.24) is 4.98 Å². The number of nitrogens with two attached hydrogens (primary N) is 1. The highest BCUT2D eigenvalue weighted by Crippen LogP contribution is 2.28. The van der Waals surface area contributed by atoms with Crippen molar-refractivity contribution in [3.8, 4) is 5.75 Å². The fraction of sp³-hybridized carbons (Fsp3) is 0.250. The minimum atomic E-state index is -0.105. The molecule has 0 aliphatic heterocycles. The zero-order chi connectivity index (χ0) is 12.3. The summed E-state index contributed by atoms with van der Waals surface area (Å²) in [6, 6.07) is 3.96. The molecule has 2 heterocycles. The Balaban J connectivity index is 2.19. The fourth-order valence-electron chi connectivity index (χ4n) is 1.54. The summed E-state index contributed by atoms with van der Waals surface area (Å²) < 4.78 is 6.76. The van der Waals surface area contributed by atoms with Crippen LogP contribution in [-0.4, -0.2) is 11.5 Å². The van der Waals surface area contributed by atoms with Crippen LogP contribution >= 0.6 is 27.3 Å². The molecule has 2 rings (SSSR count). The summed E-state index contributed by atoms with van der Waals surface area (Å²) in [5.41, 5.74) is 6.98. The van der Waals surface area contributed by atoms with Gasteiger partial charge in [-0.15, -0.1) is 11.3 Å². The van der Waals surface area contributed by atoms with Gasteiger partial charge in [0.2, 0.25) is 0 Å². The minimum absolute atomic E-state index is 0.105. The predicted octanol–water partition coefficient (Wildman–Crippen LogP) is 3.29. The van der Waals surface area contributed by atoms with Crippen LogP contribution in [0, 0.1) is 6.92 Å². The van der Waals surface area contributed by atoms with E-state index in [1.807, 2.05) is 6.07 Å². The largest absolute Gasteiger partial charge is 0.482 e. The van der Waals surface area contributed by atoms with Gasteiger partial charge in [-0.3, -0.25) is 4.98 Å². The van der Waals surface area contributed by atoms with E-state index in [1.165, 1.54) is 10.4 Å². The molecule has 0 radical (unpaired) electrons. The molecule has 2 N–H and O–H groups in total. The topological polar surface area (TPSA) is 48.1 Å². The van der Waals surface area contributed by atoms with Crippen molar-refractivity contribution in [2.24, 2.45) is 5.73 Å². The first-order valence-corrected chi connectivity index (χ1v) is 6.89. The maximum atomic E-state index is 5.86. The fourth-order valence-corrected chi connectivity index (χ4v) is 2.86. The second-order valence-electron chi connectivity index (χ2n) is 3.65. The summed E-state index contributed by atoms with van der Waals surface area (Å²) in [5, 5.41) is 2.05. The van der Waals surface area contributed by atoms with E-state index in [0.717, 1.165) is 10.2 Å². The van der Waals surface area contributed by atoms with Crippen LogP contribution in [-0.2, 0) is 0 Å². The van der Waals surface area contributed by atoms with Crippen molar-refractivity contribution in [1.29, 1.82) is 0 Å². The summed E-state index contributed by atoms with van der Waals surface area (Å²) >= 11 is 5.03. The second-order valence-corrected chi connectivity index (χ2v) is 5.51. The van der Waals surface area contributed by atoms with Gasteiger partial charge in [-0.2, -0.15) is 0 Å². The molecule has 17 heavy (non-hydrogen) atoms. The maximum absolute atomic E-state index is 5.86. The van der Waals surface area contributed by atoms with Gasteiger partial charge >= 0.3 is 0 Å². The molecule has 0 spiro atoms. The number of rotatable bonds is 4. The number of ether oxygens (including phenoxy) is 1. The Labute approximate surface area is 113 Å². The van der Waals surface area contributed by atoms with Crippen LogP contribution in [0.25, 0.3) is 0 Å². The molecule has 3 nitrogen and oxygen atoms in total. The highest BCUT2D eigenvalue weighted by molar-refractivity contribution is 9.10. The standard InChI is InChI=1S/C12H13BrN2OS/c1-8-2-3-17-12(8)11(5-14)16-10-4-9(13)6-15-7-10/h2-4,6-7,11H,5,14H2,1H3. The first kappa shape index (κ1) is 12.5. The van der Waals surface area contributed by atoms with Gasteiger partial charge in [0.1, 0.15) is 11.9 Å². The normalized spacial score (nSPS) is 12.4. The molecule has 5 heteroatoms. The molecule has 1 unspecified atom stereocenters. The van der Waals surface area contributed by atoms with Gasteiger partial charge in [-0.1, -0.05) is 0 Å². The number of nitrogens with zero attached hydrogens (tertiary/aromatic N) is 1. The molecule has 0 amide bonds. The van der Waals surface area contributed by atoms with E-state index in [0.29, 0.717) is 6.54 Å². The molecule has 1 atom stereocenters. The van der Waals surface area contributed by atoms with Crippen LogP contribution in [0.5, 0.6) is 5.75 Å². The lowest BCUT2D eigenvalue weighted by Crippen LogP contribution is -2.18. The van der Waals surface area contributed by atoms with Crippen molar-refractivity contribution < 1.29 is 4.74 Å². The van der Waals surface area contributed by atoms with Gasteiger partial charge in [0.25, 0.3) is 0 Å². The Hall–Kier alpha value is -0.910. The van der Waals surface area contributed by atoms with Crippen LogP contribution in [0.4, 0.5) is 0 Å². The molecule has 0 aliphatic rings. The Bertz CT molecular complexity index is 501. The quantitative estimate of drug-likeness (QED) is 0.942. The van der Waals surface area contributed by atoms with E-state index in [4.69, 9.17) is 10.5 Å². The third-order valence-corrected chi connectivity index (χ3v) is 3.91. The van der Waals surface area contributed by atoms with Gasteiger partial charge in [0.05, 0.1) is 6.20 Å².